The number of ketones is 1. The molecule has 334 valence electrons. The Labute approximate surface area is 365 Å². The van der Waals surface area contributed by atoms with Crippen molar-refractivity contribution in [3.05, 3.63) is 46.0 Å². The van der Waals surface area contributed by atoms with E-state index in [-0.39, 0.29) is 57.8 Å². The van der Waals surface area contributed by atoms with Crippen LogP contribution in [0.1, 0.15) is 139 Å². The van der Waals surface area contributed by atoms with Crippen LogP contribution in [0.3, 0.4) is 0 Å². The number of halogens is 1. The monoisotopic (exact) mass is 851 g/mol. The summed E-state index contributed by atoms with van der Waals surface area (Å²) in [5.41, 5.74) is 1.21. The number of carboxylic acid groups (broad SMARTS) is 1. The molecule has 0 heterocycles. The van der Waals surface area contributed by atoms with Crippen LogP contribution in [0.4, 0.5) is 0 Å². The van der Waals surface area contributed by atoms with E-state index in [0.29, 0.717) is 36.4 Å². The van der Waals surface area contributed by atoms with Gasteiger partial charge >= 0.3 is 17.9 Å². The topological polar surface area (TPSA) is 113 Å². The number of Topliss-reactive ketones (excluding diaryl/α,β-unsaturated/α-hetero) is 1. The zero-order valence-electron chi connectivity index (χ0n) is 38.8. The standard InChI is InChI=1S/C50H75ClN2O7/c1-31(2)42-36(55)27-50(40(59-32(3)54)30-53(26-25-52(11)12)29-33-15-13-14-16-35(33)51)24-23-48(9)34(43(42)50)17-18-38-47(8)21-20-39(60-41(56)28-45(4,5)44(57)58)46(6,7)37(47)19-22-49(38,48)10/h13-16,31,34,37-40H,17-30H2,1-12H3,(H,57,58). The van der Waals surface area contributed by atoms with Crippen LogP contribution in [0.15, 0.2) is 35.4 Å². The van der Waals surface area contributed by atoms with E-state index in [4.69, 9.17) is 21.1 Å². The van der Waals surface area contributed by atoms with Crippen LogP contribution in [0.25, 0.3) is 0 Å². The van der Waals surface area contributed by atoms with Crippen molar-refractivity contribution in [2.45, 2.75) is 152 Å². The second kappa shape index (κ2) is 16.7. The van der Waals surface area contributed by atoms with Gasteiger partial charge in [-0.3, -0.25) is 24.1 Å². The molecule has 4 fully saturated rings. The van der Waals surface area contributed by atoms with Gasteiger partial charge in [-0.1, -0.05) is 78.3 Å². The molecule has 0 spiro atoms. The van der Waals surface area contributed by atoms with E-state index < -0.39 is 28.9 Å². The van der Waals surface area contributed by atoms with Crippen molar-refractivity contribution in [3.8, 4) is 0 Å². The Kier molecular flexibility index (Phi) is 13.0. The van der Waals surface area contributed by atoms with Crippen LogP contribution in [0, 0.1) is 56.2 Å². The molecule has 10 heteroatoms. The highest BCUT2D eigenvalue weighted by atomic mass is 35.5. The van der Waals surface area contributed by atoms with E-state index in [0.717, 1.165) is 75.6 Å². The van der Waals surface area contributed by atoms with Gasteiger partial charge < -0.3 is 19.5 Å². The Morgan fingerprint density at radius 1 is 0.917 bits per heavy atom. The third-order valence-electron chi connectivity index (χ3n) is 17.4. The SMILES string of the molecule is CC(=O)OC(CN(CCN(C)C)Cc1ccccc1Cl)C12CCC3(C)C(CCC4C5(C)CCC(OC(=O)CC(C)(C)C(=O)O)C(C)(C)C5CCC43C)C1=C(C(C)C)C(=O)C2. The lowest BCUT2D eigenvalue weighted by Crippen LogP contribution is -2.66. The first-order valence-corrected chi connectivity index (χ1v) is 23.2. The second-order valence-electron chi connectivity index (χ2n) is 22.3. The fraction of sp³-hybridized carbons (Fsp3) is 0.760. The molecule has 6 rings (SSSR count). The molecule has 0 amide bonds. The van der Waals surface area contributed by atoms with Gasteiger partial charge in [0.2, 0.25) is 0 Å². The number of carbonyl (C=O) groups excluding carboxylic acids is 3. The first kappa shape index (κ1) is 46.7. The molecule has 60 heavy (non-hydrogen) atoms. The Morgan fingerprint density at radius 2 is 1.60 bits per heavy atom. The van der Waals surface area contributed by atoms with Gasteiger partial charge in [-0.2, -0.15) is 0 Å². The summed E-state index contributed by atoms with van der Waals surface area (Å²) in [6.45, 7) is 23.9. The molecule has 0 radical (unpaired) electrons. The third-order valence-corrected chi connectivity index (χ3v) is 17.8. The number of fused-ring (bicyclic) bond motifs is 7. The average Bonchev–Trinajstić information content (AvgIpc) is 3.45. The van der Waals surface area contributed by atoms with E-state index in [1.165, 1.54) is 12.5 Å². The molecule has 1 N–H and O–H groups in total. The third kappa shape index (κ3) is 8.04. The molecule has 9 nitrogen and oxygen atoms in total. The van der Waals surface area contributed by atoms with Crippen LogP contribution >= 0.6 is 11.6 Å². The van der Waals surface area contributed by atoms with Crippen LogP contribution in [-0.2, 0) is 35.2 Å². The number of benzene rings is 1. The van der Waals surface area contributed by atoms with Crippen molar-refractivity contribution in [1.29, 1.82) is 0 Å². The zero-order valence-corrected chi connectivity index (χ0v) is 39.6. The first-order chi connectivity index (χ1) is 27.8. The molecule has 0 aliphatic heterocycles. The summed E-state index contributed by atoms with van der Waals surface area (Å²) in [6, 6.07) is 7.95. The highest BCUT2D eigenvalue weighted by Gasteiger charge is 2.71. The van der Waals surface area contributed by atoms with Crippen molar-refractivity contribution in [3.63, 3.8) is 0 Å². The van der Waals surface area contributed by atoms with Crippen molar-refractivity contribution in [2.75, 3.05) is 33.7 Å². The minimum atomic E-state index is -1.18. The number of rotatable bonds is 14. The molecule has 0 saturated heterocycles. The number of likely N-dealkylation sites (N-methyl/N-ethyl adjacent to an activating group) is 1. The maximum atomic E-state index is 14.6. The largest absolute Gasteiger partial charge is 0.481 e. The first-order valence-electron chi connectivity index (χ1n) is 22.8. The predicted molar refractivity (Wildman–Crippen MR) is 236 cm³/mol. The molecule has 5 aliphatic rings. The van der Waals surface area contributed by atoms with Gasteiger partial charge in [0.1, 0.15) is 12.2 Å². The molecular formula is C50H75ClN2O7. The normalized spacial score (nSPS) is 34.2. The number of hydrogen-bond donors (Lipinski definition) is 1. The Hall–Kier alpha value is -2.75. The fourth-order valence-electron chi connectivity index (χ4n) is 14.1. The van der Waals surface area contributed by atoms with Crippen LogP contribution in [0.2, 0.25) is 5.02 Å². The summed E-state index contributed by atoms with van der Waals surface area (Å²) < 4.78 is 12.7. The second-order valence-corrected chi connectivity index (χ2v) is 22.7. The lowest BCUT2D eigenvalue weighted by atomic mass is 9.33. The smallest absolute Gasteiger partial charge is 0.309 e. The van der Waals surface area contributed by atoms with Crippen molar-refractivity contribution >= 4 is 35.3 Å². The fourth-order valence-corrected chi connectivity index (χ4v) is 14.3. The molecule has 1 aromatic carbocycles. The molecule has 5 aliphatic carbocycles. The van der Waals surface area contributed by atoms with Gasteiger partial charge in [0, 0.05) is 55.4 Å². The van der Waals surface area contributed by atoms with Crippen LogP contribution in [-0.4, -0.2) is 84.5 Å². The van der Waals surface area contributed by atoms with E-state index in [9.17, 15) is 24.3 Å². The van der Waals surface area contributed by atoms with E-state index in [1.54, 1.807) is 13.8 Å². The van der Waals surface area contributed by atoms with Gasteiger partial charge in [0.15, 0.2) is 5.78 Å². The number of nitrogens with zero attached hydrogens (tertiary/aromatic N) is 2. The summed E-state index contributed by atoms with van der Waals surface area (Å²) in [4.78, 5) is 57.4. The van der Waals surface area contributed by atoms with Gasteiger partial charge in [0.05, 0.1) is 11.8 Å². The molecule has 1 aromatic rings. The molecule has 9 atom stereocenters. The molecule has 4 saturated carbocycles. The number of ether oxygens (including phenoxy) is 2. The van der Waals surface area contributed by atoms with E-state index >= 15 is 0 Å². The van der Waals surface area contributed by atoms with Crippen molar-refractivity contribution in [2.24, 2.45) is 56.2 Å². The van der Waals surface area contributed by atoms with Gasteiger partial charge in [-0.05, 0) is 142 Å². The number of carboxylic acids is 1. The number of allylic oxidation sites excluding steroid dienone is 1. The number of carbonyl (C=O) groups is 4. The summed E-state index contributed by atoms with van der Waals surface area (Å²) in [6.07, 6.45) is 7.04. The minimum absolute atomic E-state index is 0.00209. The van der Waals surface area contributed by atoms with Crippen LogP contribution < -0.4 is 0 Å². The number of aliphatic carboxylic acids is 1. The van der Waals surface area contributed by atoms with Gasteiger partial charge in [-0.25, -0.2) is 0 Å². The maximum Gasteiger partial charge on any atom is 0.309 e. The Balaban J connectivity index is 1.34. The van der Waals surface area contributed by atoms with Crippen LogP contribution in [0.5, 0.6) is 0 Å². The highest BCUT2D eigenvalue weighted by Crippen LogP contribution is 2.77. The summed E-state index contributed by atoms with van der Waals surface area (Å²) >= 11 is 6.74. The van der Waals surface area contributed by atoms with E-state index in [2.05, 4.69) is 78.4 Å². The van der Waals surface area contributed by atoms with Crippen molar-refractivity contribution < 1.29 is 33.8 Å². The predicted octanol–water partition coefficient (Wildman–Crippen LogP) is 10.0. The zero-order chi connectivity index (χ0) is 44.4. The lowest BCUT2D eigenvalue weighted by Gasteiger charge is -2.72. The molecule has 0 bridgehead atoms. The highest BCUT2D eigenvalue weighted by molar-refractivity contribution is 6.31. The quantitative estimate of drug-likeness (QED) is 0.183. The molecular weight excluding hydrogens is 776 g/mol. The van der Waals surface area contributed by atoms with Gasteiger partial charge in [-0.15, -0.1) is 0 Å². The van der Waals surface area contributed by atoms with Crippen molar-refractivity contribution in [1.82, 2.24) is 9.80 Å². The van der Waals surface area contributed by atoms with Gasteiger partial charge in [0.25, 0.3) is 0 Å². The molecule has 9 unspecified atom stereocenters. The minimum Gasteiger partial charge on any atom is -0.481 e. The summed E-state index contributed by atoms with van der Waals surface area (Å²) in [5.74, 6) is -0.492. The Morgan fingerprint density at radius 3 is 2.22 bits per heavy atom. The summed E-state index contributed by atoms with van der Waals surface area (Å²) in [7, 11) is 4.14. The number of hydrogen-bond acceptors (Lipinski definition) is 8. The van der Waals surface area contributed by atoms with E-state index in [1.807, 2.05) is 18.2 Å². The maximum absolute atomic E-state index is 14.6. The average molecular weight is 852 g/mol. The number of esters is 2. The summed E-state index contributed by atoms with van der Waals surface area (Å²) in [5, 5.41) is 10.4. The lowest BCUT2D eigenvalue weighted by molar-refractivity contribution is -0.235. The Bertz CT molecular complexity index is 1870. The molecule has 0 aromatic heterocycles.